The molecule has 0 spiro atoms. The molecule has 0 aromatic heterocycles. The SMILES string of the molecule is O=C(OC1CCCCO1)C(O)C1CCCc2ccccc21. The van der Waals surface area contributed by atoms with E-state index in [4.69, 9.17) is 9.47 Å². The molecule has 1 aliphatic heterocycles. The topological polar surface area (TPSA) is 55.8 Å². The van der Waals surface area contributed by atoms with Gasteiger partial charge in [0.2, 0.25) is 6.29 Å². The quantitative estimate of drug-likeness (QED) is 0.869. The fraction of sp³-hybridized carbons (Fsp3) is 0.588. The zero-order valence-corrected chi connectivity index (χ0v) is 12.2. The largest absolute Gasteiger partial charge is 0.434 e. The van der Waals surface area contributed by atoms with Crippen LogP contribution in [0.15, 0.2) is 24.3 Å². The van der Waals surface area contributed by atoms with Crippen molar-refractivity contribution in [3.63, 3.8) is 0 Å². The third kappa shape index (κ3) is 3.27. The summed E-state index contributed by atoms with van der Waals surface area (Å²) in [6, 6.07) is 8.04. The molecule has 3 atom stereocenters. The van der Waals surface area contributed by atoms with Crippen LogP contribution < -0.4 is 0 Å². The number of benzene rings is 1. The summed E-state index contributed by atoms with van der Waals surface area (Å²) in [6.45, 7) is 0.625. The summed E-state index contributed by atoms with van der Waals surface area (Å²) in [4.78, 5) is 12.2. The summed E-state index contributed by atoms with van der Waals surface area (Å²) in [5.41, 5.74) is 2.31. The highest BCUT2D eigenvalue weighted by Crippen LogP contribution is 2.34. The molecule has 0 amide bonds. The molecule has 114 valence electrons. The maximum absolute atomic E-state index is 12.2. The van der Waals surface area contributed by atoms with Crippen molar-refractivity contribution in [2.75, 3.05) is 6.61 Å². The molecule has 0 saturated carbocycles. The number of hydrogen-bond acceptors (Lipinski definition) is 4. The van der Waals surface area contributed by atoms with E-state index in [1.165, 1.54) is 5.56 Å². The second-order valence-electron chi connectivity index (χ2n) is 5.88. The second kappa shape index (κ2) is 6.58. The number of carbonyl (C=O) groups excluding carboxylic acids is 1. The van der Waals surface area contributed by atoms with Crippen molar-refractivity contribution in [2.45, 2.75) is 56.8 Å². The van der Waals surface area contributed by atoms with Crippen molar-refractivity contribution >= 4 is 5.97 Å². The fourth-order valence-corrected chi connectivity index (χ4v) is 3.29. The standard InChI is InChI=1S/C17H22O4/c18-16(17(19)21-15-10-3-4-11-20-15)14-9-5-7-12-6-1-2-8-13(12)14/h1-2,6,8,14-16,18H,3-5,7,9-11H2. The summed E-state index contributed by atoms with van der Waals surface area (Å²) in [5, 5.41) is 10.4. The molecule has 1 saturated heterocycles. The van der Waals surface area contributed by atoms with Gasteiger partial charge in [-0.2, -0.15) is 0 Å². The highest BCUT2D eigenvalue weighted by Gasteiger charge is 2.33. The van der Waals surface area contributed by atoms with Crippen LogP contribution in [0.2, 0.25) is 0 Å². The highest BCUT2D eigenvalue weighted by atomic mass is 16.7. The molecular weight excluding hydrogens is 268 g/mol. The maximum atomic E-state index is 12.2. The van der Waals surface area contributed by atoms with E-state index >= 15 is 0 Å². The van der Waals surface area contributed by atoms with Gasteiger partial charge in [-0.1, -0.05) is 24.3 Å². The molecule has 1 aromatic rings. The van der Waals surface area contributed by atoms with E-state index in [0.717, 1.165) is 44.1 Å². The number of aryl methyl sites for hydroxylation is 1. The van der Waals surface area contributed by atoms with Crippen molar-refractivity contribution < 1.29 is 19.4 Å². The summed E-state index contributed by atoms with van der Waals surface area (Å²) in [5.74, 6) is -0.713. The number of esters is 1. The number of carbonyl (C=O) groups is 1. The molecule has 0 bridgehead atoms. The average Bonchev–Trinajstić information content (AvgIpc) is 2.54. The Morgan fingerprint density at radius 1 is 1.24 bits per heavy atom. The molecule has 1 heterocycles. The van der Waals surface area contributed by atoms with Crippen molar-refractivity contribution in [2.24, 2.45) is 0 Å². The summed E-state index contributed by atoms with van der Waals surface area (Å²) in [6.07, 6.45) is 3.97. The van der Waals surface area contributed by atoms with E-state index in [9.17, 15) is 9.90 Å². The van der Waals surface area contributed by atoms with Crippen LogP contribution in [0.1, 0.15) is 49.1 Å². The Morgan fingerprint density at radius 2 is 2.10 bits per heavy atom. The van der Waals surface area contributed by atoms with Crippen LogP contribution in [0.4, 0.5) is 0 Å². The van der Waals surface area contributed by atoms with Crippen LogP contribution in [-0.4, -0.2) is 30.1 Å². The number of hydrogen-bond donors (Lipinski definition) is 1. The van der Waals surface area contributed by atoms with Crippen molar-refractivity contribution in [3.05, 3.63) is 35.4 Å². The van der Waals surface area contributed by atoms with Crippen LogP contribution in [0.5, 0.6) is 0 Å². The van der Waals surface area contributed by atoms with Gasteiger partial charge in [0.15, 0.2) is 6.10 Å². The molecule has 21 heavy (non-hydrogen) atoms. The van der Waals surface area contributed by atoms with Crippen LogP contribution in [0.3, 0.4) is 0 Å². The second-order valence-corrected chi connectivity index (χ2v) is 5.88. The lowest BCUT2D eigenvalue weighted by Crippen LogP contribution is -2.36. The van der Waals surface area contributed by atoms with Gasteiger partial charge in [-0.3, -0.25) is 0 Å². The van der Waals surface area contributed by atoms with Gasteiger partial charge in [-0.25, -0.2) is 4.79 Å². The monoisotopic (exact) mass is 290 g/mol. The van der Waals surface area contributed by atoms with E-state index in [-0.39, 0.29) is 5.92 Å². The molecule has 4 nitrogen and oxygen atoms in total. The van der Waals surface area contributed by atoms with E-state index in [1.807, 2.05) is 18.2 Å². The van der Waals surface area contributed by atoms with Crippen LogP contribution in [-0.2, 0) is 20.7 Å². The van der Waals surface area contributed by atoms with Gasteiger partial charge in [-0.05, 0) is 43.2 Å². The Kier molecular flexibility index (Phi) is 4.56. The first-order chi connectivity index (χ1) is 10.3. The molecule has 2 aliphatic rings. The predicted octanol–water partition coefficient (Wildman–Crippen LogP) is 2.54. The minimum atomic E-state index is -1.10. The molecule has 1 N–H and O–H groups in total. The predicted molar refractivity (Wildman–Crippen MR) is 77.8 cm³/mol. The van der Waals surface area contributed by atoms with Crippen molar-refractivity contribution in [3.8, 4) is 0 Å². The summed E-state index contributed by atoms with van der Waals surface area (Å²) in [7, 11) is 0. The van der Waals surface area contributed by atoms with E-state index in [2.05, 4.69) is 6.07 Å². The highest BCUT2D eigenvalue weighted by molar-refractivity contribution is 5.76. The van der Waals surface area contributed by atoms with E-state index in [0.29, 0.717) is 6.61 Å². The Hall–Kier alpha value is -1.39. The first-order valence-corrected chi connectivity index (χ1v) is 7.83. The Labute approximate surface area is 125 Å². The molecule has 0 radical (unpaired) electrons. The smallest absolute Gasteiger partial charge is 0.337 e. The van der Waals surface area contributed by atoms with Crippen LogP contribution in [0, 0.1) is 0 Å². The lowest BCUT2D eigenvalue weighted by Gasteiger charge is -2.30. The van der Waals surface area contributed by atoms with Crippen molar-refractivity contribution in [1.29, 1.82) is 0 Å². The number of fused-ring (bicyclic) bond motifs is 1. The zero-order valence-electron chi connectivity index (χ0n) is 12.2. The van der Waals surface area contributed by atoms with Gasteiger partial charge < -0.3 is 14.6 Å². The van der Waals surface area contributed by atoms with Gasteiger partial charge in [-0.15, -0.1) is 0 Å². The van der Waals surface area contributed by atoms with Gasteiger partial charge in [0.05, 0.1) is 6.61 Å². The molecule has 4 heteroatoms. The lowest BCUT2D eigenvalue weighted by molar-refractivity contribution is -0.196. The minimum absolute atomic E-state index is 0.161. The molecule has 1 fully saturated rings. The first kappa shape index (κ1) is 14.5. The summed E-state index contributed by atoms with van der Waals surface area (Å²) < 4.78 is 10.7. The number of aliphatic hydroxyl groups is 1. The zero-order chi connectivity index (χ0) is 14.7. The van der Waals surface area contributed by atoms with Crippen LogP contribution >= 0.6 is 0 Å². The van der Waals surface area contributed by atoms with Crippen molar-refractivity contribution in [1.82, 2.24) is 0 Å². The molecule has 1 aromatic carbocycles. The van der Waals surface area contributed by atoms with E-state index in [1.54, 1.807) is 0 Å². The fourth-order valence-electron chi connectivity index (χ4n) is 3.29. The molecule has 1 aliphatic carbocycles. The third-order valence-electron chi connectivity index (χ3n) is 4.42. The molecular formula is C17H22O4. The lowest BCUT2D eigenvalue weighted by atomic mass is 9.80. The average molecular weight is 290 g/mol. The Balaban J connectivity index is 1.67. The van der Waals surface area contributed by atoms with E-state index < -0.39 is 18.4 Å². The van der Waals surface area contributed by atoms with Gasteiger partial charge >= 0.3 is 5.97 Å². The Morgan fingerprint density at radius 3 is 2.90 bits per heavy atom. The van der Waals surface area contributed by atoms with Gasteiger partial charge in [0.25, 0.3) is 0 Å². The summed E-state index contributed by atoms with van der Waals surface area (Å²) >= 11 is 0. The minimum Gasteiger partial charge on any atom is -0.434 e. The maximum Gasteiger partial charge on any atom is 0.337 e. The van der Waals surface area contributed by atoms with Gasteiger partial charge in [0, 0.05) is 12.3 Å². The normalized spacial score (nSPS) is 26.7. The number of rotatable bonds is 3. The third-order valence-corrected chi connectivity index (χ3v) is 4.42. The van der Waals surface area contributed by atoms with Crippen LogP contribution in [0.25, 0.3) is 0 Å². The van der Waals surface area contributed by atoms with Gasteiger partial charge in [0.1, 0.15) is 0 Å². The number of aliphatic hydroxyl groups excluding tert-OH is 1. The number of ether oxygens (including phenoxy) is 2. The first-order valence-electron chi connectivity index (χ1n) is 7.83. The molecule has 3 rings (SSSR count). The molecule has 3 unspecified atom stereocenters. The Bertz CT molecular complexity index is 493.